The molecule has 3 rings (SSSR count). The molecule has 0 unspecified atom stereocenters. The van der Waals surface area contributed by atoms with Crippen LogP contribution in [-0.2, 0) is 5.41 Å². The maximum Gasteiger partial charge on any atom is 0.0527 e. The summed E-state index contributed by atoms with van der Waals surface area (Å²) in [5.41, 5.74) is 3.27. The number of aliphatic hydroxyl groups is 1. The van der Waals surface area contributed by atoms with E-state index in [1.54, 1.807) is 0 Å². The van der Waals surface area contributed by atoms with Crippen LogP contribution >= 0.6 is 0 Å². The molecule has 1 heteroatoms. The number of hydrogen-bond acceptors (Lipinski definition) is 1. The van der Waals surface area contributed by atoms with Gasteiger partial charge in [0.05, 0.1) is 6.10 Å². The van der Waals surface area contributed by atoms with Gasteiger partial charge in [0.15, 0.2) is 0 Å². The lowest BCUT2D eigenvalue weighted by Gasteiger charge is -2.37. The van der Waals surface area contributed by atoms with Crippen molar-refractivity contribution >= 4 is 0 Å². The molecular weight excluding hydrogens is 280 g/mol. The molecule has 0 aliphatic carbocycles. The monoisotopic (exact) mass is 302 g/mol. The molecule has 0 fully saturated rings. The van der Waals surface area contributed by atoms with Crippen LogP contribution in [0.5, 0.6) is 0 Å². The van der Waals surface area contributed by atoms with E-state index in [-0.39, 0.29) is 5.41 Å². The van der Waals surface area contributed by atoms with Gasteiger partial charge in [-0.3, -0.25) is 0 Å². The molecular formula is C22H22O. The molecule has 3 aromatic carbocycles. The summed E-state index contributed by atoms with van der Waals surface area (Å²) in [6, 6.07) is 31.4. The molecule has 0 saturated heterocycles. The number of rotatable bonds is 5. The quantitative estimate of drug-likeness (QED) is 0.672. The van der Waals surface area contributed by atoms with Crippen LogP contribution in [0, 0.1) is 0 Å². The first kappa shape index (κ1) is 15.5. The van der Waals surface area contributed by atoms with Gasteiger partial charge in [-0.1, -0.05) is 91.0 Å². The zero-order chi connectivity index (χ0) is 16.1. The van der Waals surface area contributed by atoms with E-state index in [0.717, 1.165) is 0 Å². The van der Waals surface area contributed by atoms with Crippen molar-refractivity contribution < 1.29 is 5.11 Å². The average Bonchev–Trinajstić information content (AvgIpc) is 2.62. The summed E-state index contributed by atoms with van der Waals surface area (Å²) < 4.78 is 0. The molecule has 0 saturated carbocycles. The molecule has 1 atom stereocenters. The first-order chi connectivity index (χ1) is 11.2. The van der Waals surface area contributed by atoms with Crippen molar-refractivity contribution in [1.29, 1.82) is 0 Å². The first-order valence-corrected chi connectivity index (χ1v) is 8.08. The Bertz CT molecular complexity index is 621. The predicted molar refractivity (Wildman–Crippen MR) is 95.5 cm³/mol. The Morgan fingerprint density at radius 2 is 0.957 bits per heavy atom. The van der Waals surface area contributed by atoms with E-state index in [9.17, 15) is 5.11 Å². The van der Waals surface area contributed by atoms with Gasteiger partial charge in [0.2, 0.25) is 0 Å². The molecule has 0 aromatic heterocycles. The van der Waals surface area contributed by atoms with Crippen molar-refractivity contribution in [2.45, 2.75) is 24.9 Å². The molecule has 1 nitrogen and oxygen atoms in total. The van der Waals surface area contributed by atoms with Gasteiger partial charge in [0.1, 0.15) is 0 Å². The highest BCUT2D eigenvalue weighted by molar-refractivity contribution is 5.50. The second-order valence-electron chi connectivity index (χ2n) is 6.06. The second kappa shape index (κ2) is 6.80. The summed E-state index contributed by atoms with van der Waals surface area (Å²) in [6.07, 6.45) is 0.237. The van der Waals surface area contributed by atoms with Gasteiger partial charge < -0.3 is 5.11 Å². The maximum atomic E-state index is 10.3. The average molecular weight is 302 g/mol. The van der Waals surface area contributed by atoms with Gasteiger partial charge in [0.25, 0.3) is 0 Å². The van der Waals surface area contributed by atoms with E-state index in [2.05, 4.69) is 72.8 Å². The summed E-state index contributed by atoms with van der Waals surface area (Å²) in [6.45, 7) is 1.86. The van der Waals surface area contributed by atoms with E-state index in [1.165, 1.54) is 16.7 Å². The molecule has 0 heterocycles. The van der Waals surface area contributed by atoms with Crippen molar-refractivity contribution in [1.82, 2.24) is 0 Å². The van der Waals surface area contributed by atoms with E-state index in [1.807, 2.05) is 25.1 Å². The van der Waals surface area contributed by atoms with Crippen molar-refractivity contribution in [3.63, 3.8) is 0 Å². The third kappa shape index (κ3) is 3.06. The van der Waals surface area contributed by atoms with Crippen molar-refractivity contribution in [3.8, 4) is 0 Å². The van der Waals surface area contributed by atoms with Crippen LogP contribution < -0.4 is 0 Å². The van der Waals surface area contributed by atoms with Crippen molar-refractivity contribution in [2.75, 3.05) is 0 Å². The largest absolute Gasteiger partial charge is 0.393 e. The lowest BCUT2D eigenvalue weighted by atomic mass is 9.66. The summed E-state index contributed by atoms with van der Waals surface area (Å²) >= 11 is 0. The molecule has 116 valence electrons. The highest BCUT2D eigenvalue weighted by Gasteiger charge is 2.37. The van der Waals surface area contributed by atoms with Gasteiger partial charge >= 0.3 is 0 Å². The van der Waals surface area contributed by atoms with Crippen LogP contribution in [-0.4, -0.2) is 11.2 Å². The number of aliphatic hydroxyl groups excluding tert-OH is 1. The second-order valence-corrected chi connectivity index (χ2v) is 6.06. The molecule has 0 aliphatic rings. The highest BCUT2D eigenvalue weighted by atomic mass is 16.3. The minimum Gasteiger partial charge on any atom is -0.393 e. The van der Waals surface area contributed by atoms with Crippen LogP contribution in [0.4, 0.5) is 0 Å². The van der Waals surface area contributed by atoms with Gasteiger partial charge in [-0.25, -0.2) is 0 Å². The lowest BCUT2D eigenvalue weighted by Crippen LogP contribution is -2.33. The number of hydrogen-bond donors (Lipinski definition) is 1. The Labute approximate surface area is 138 Å². The van der Waals surface area contributed by atoms with E-state index >= 15 is 0 Å². The predicted octanol–water partition coefficient (Wildman–Crippen LogP) is 4.79. The molecule has 23 heavy (non-hydrogen) atoms. The van der Waals surface area contributed by atoms with Crippen molar-refractivity contribution in [2.24, 2.45) is 0 Å². The van der Waals surface area contributed by atoms with Gasteiger partial charge in [-0.2, -0.15) is 0 Å². The lowest BCUT2D eigenvalue weighted by molar-refractivity contribution is 0.166. The Kier molecular flexibility index (Phi) is 4.59. The Hall–Kier alpha value is -2.38. The van der Waals surface area contributed by atoms with E-state index in [0.29, 0.717) is 6.42 Å². The van der Waals surface area contributed by atoms with Crippen molar-refractivity contribution in [3.05, 3.63) is 108 Å². The summed E-state index contributed by atoms with van der Waals surface area (Å²) in [4.78, 5) is 0. The van der Waals surface area contributed by atoms with Gasteiger partial charge in [-0.05, 0) is 30.0 Å². The molecule has 0 amide bonds. The van der Waals surface area contributed by atoms with Crippen LogP contribution in [0.2, 0.25) is 0 Å². The fourth-order valence-electron chi connectivity index (χ4n) is 3.46. The normalized spacial score (nSPS) is 12.8. The standard InChI is InChI=1S/C22H22O/c1-18(23)17-22(19-11-5-2-6-12-19,20-13-7-3-8-14-20)21-15-9-4-10-16-21/h2-16,18,23H,17H2,1H3/t18-/m1/s1. The zero-order valence-electron chi connectivity index (χ0n) is 13.4. The van der Waals surface area contributed by atoms with Crippen LogP contribution in [0.15, 0.2) is 91.0 Å². The van der Waals surface area contributed by atoms with Crippen LogP contribution in [0.25, 0.3) is 0 Å². The number of benzene rings is 3. The minimum atomic E-state index is -0.407. The summed E-state index contributed by atoms with van der Waals surface area (Å²) in [5.74, 6) is 0. The SMILES string of the molecule is C[C@@H](O)CC(c1ccccc1)(c1ccccc1)c1ccccc1. The Morgan fingerprint density at radius 3 is 1.22 bits per heavy atom. The maximum absolute atomic E-state index is 10.3. The van der Waals surface area contributed by atoms with Gasteiger partial charge in [0, 0.05) is 5.41 Å². The topological polar surface area (TPSA) is 20.2 Å². The third-order valence-corrected chi connectivity index (χ3v) is 4.40. The molecule has 3 aromatic rings. The van der Waals surface area contributed by atoms with Gasteiger partial charge in [-0.15, -0.1) is 0 Å². The highest BCUT2D eigenvalue weighted by Crippen LogP contribution is 2.42. The fourth-order valence-corrected chi connectivity index (χ4v) is 3.46. The smallest absolute Gasteiger partial charge is 0.0527 e. The molecule has 0 radical (unpaired) electrons. The fraction of sp³-hybridized carbons (Fsp3) is 0.182. The Balaban J connectivity index is 2.30. The third-order valence-electron chi connectivity index (χ3n) is 4.40. The minimum absolute atomic E-state index is 0.349. The molecule has 1 N–H and O–H groups in total. The summed E-state index contributed by atoms with van der Waals surface area (Å²) in [5, 5.41) is 10.3. The van der Waals surface area contributed by atoms with Crippen LogP contribution in [0.1, 0.15) is 30.0 Å². The molecule has 0 bridgehead atoms. The van der Waals surface area contributed by atoms with E-state index in [4.69, 9.17) is 0 Å². The van der Waals surface area contributed by atoms with E-state index < -0.39 is 6.10 Å². The zero-order valence-corrected chi connectivity index (χ0v) is 13.4. The van der Waals surface area contributed by atoms with Crippen LogP contribution in [0.3, 0.4) is 0 Å². The Morgan fingerprint density at radius 1 is 0.652 bits per heavy atom. The molecule has 0 aliphatic heterocycles. The summed E-state index contributed by atoms with van der Waals surface area (Å²) in [7, 11) is 0. The first-order valence-electron chi connectivity index (χ1n) is 8.08. The molecule has 0 spiro atoms.